The van der Waals surface area contributed by atoms with Crippen molar-refractivity contribution in [2.45, 2.75) is 19.1 Å². The van der Waals surface area contributed by atoms with Crippen LogP contribution in [-0.4, -0.2) is 28.3 Å². The third-order valence-electron chi connectivity index (χ3n) is 0.805. The maximum absolute atomic E-state index is 9.86. The Morgan fingerprint density at radius 1 is 1.67 bits per heavy atom. The van der Waals surface area contributed by atoms with Gasteiger partial charge in [0.15, 0.2) is 0 Å². The van der Waals surface area contributed by atoms with E-state index >= 15 is 0 Å². The first-order chi connectivity index (χ1) is 3.55. The van der Waals surface area contributed by atoms with Gasteiger partial charge in [-0.3, -0.25) is 4.79 Å². The van der Waals surface area contributed by atoms with E-state index in [0.29, 0.717) is 0 Å². The number of rotatable bonds is 2. The van der Waals surface area contributed by atoms with Gasteiger partial charge in [0.05, 0.1) is 6.10 Å². The molecular weight excluding hydrogens is 201 g/mol. The third-order valence-corrected chi connectivity index (χ3v) is 0.805. The molecule has 2 atom stereocenters. The van der Waals surface area contributed by atoms with E-state index < -0.39 is 18.1 Å². The molecule has 0 aliphatic rings. The summed E-state index contributed by atoms with van der Waals surface area (Å²) in [6, 6.07) is -1.16. The average molecular weight is 210 g/mol. The van der Waals surface area contributed by atoms with Crippen LogP contribution in [0.2, 0.25) is 0 Å². The maximum atomic E-state index is 9.86. The Balaban J connectivity index is 0. The molecule has 0 saturated heterocycles. The van der Waals surface area contributed by atoms with E-state index in [9.17, 15) is 4.79 Å². The Labute approximate surface area is 72.2 Å². The van der Waals surface area contributed by atoms with Crippen LogP contribution >= 0.6 is 0 Å². The minimum Gasteiger partial charge on any atom is -0.480 e. The average Bonchev–Trinajstić information content (AvgIpc) is 1.64. The van der Waals surface area contributed by atoms with Crippen molar-refractivity contribution in [3.8, 4) is 0 Å². The standard InChI is InChI=1S/C4H9NO3.Zr/c1-2(6)3(5)4(7)8;/h2-3,6H,5H2,1H3,(H,7,8);. The van der Waals surface area contributed by atoms with Gasteiger partial charge in [0.2, 0.25) is 0 Å². The number of hydrogen-bond acceptors (Lipinski definition) is 3. The zero-order valence-electron chi connectivity index (χ0n) is 5.03. The number of aliphatic hydroxyl groups excluding tert-OH is 1. The summed E-state index contributed by atoms with van der Waals surface area (Å²) in [5.41, 5.74) is 4.91. The van der Waals surface area contributed by atoms with Crippen molar-refractivity contribution in [1.82, 2.24) is 0 Å². The number of carbonyl (C=O) groups is 1. The molecule has 52 valence electrons. The molecule has 0 heterocycles. The molecule has 0 radical (unpaired) electrons. The van der Waals surface area contributed by atoms with Gasteiger partial charge in [-0.25, -0.2) is 0 Å². The van der Waals surface area contributed by atoms with E-state index in [1.54, 1.807) is 0 Å². The van der Waals surface area contributed by atoms with Crippen LogP contribution in [0.25, 0.3) is 0 Å². The molecular formula is C4H9NO3Zr. The van der Waals surface area contributed by atoms with Crippen LogP contribution in [0.1, 0.15) is 6.92 Å². The van der Waals surface area contributed by atoms with Gasteiger partial charge < -0.3 is 15.9 Å². The Morgan fingerprint density at radius 3 is 2.00 bits per heavy atom. The van der Waals surface area contributed by atoms with Crippen LogP contribution in [0, 0.1) is 0 Å². The minimum atomic E-state index is -1.18. The third kappa shape index (κ3) is 4.76. The minimum absolute atomic E-state index is 0. The quantitative estimate of drug-likeness (QED) is 0.533. The number of aliphatic carboxylic acids is 1. The first-order valence-corrected chi connectivity index (χ1v) is 2.22. The molecule has 0 saturated carbocycles. The molecule has 0 bridgehead atoms. The van der Waals surface area contributed by atoms with E-state index in [-0.39, 0.29) is 26.2 Å². The Kier molecular flexibility index (Phi) is 6.78. The predicted molar refractivity (Wildman–Crippen MR) is 27.3 cm³/mol. The van der Waals surface area contributed by atoms with Crippen LogP contribution in [0.5, 0.6) is 0 Å². The van der Waals surface area contributed by atoms with Gasteiger partial charge >= 0.3 is 5.97 Å². The van der Waals surface area contributed by atoms with E-state index in [4.69, 9.17) is 15.9 Å². The van der Waals surface area contributed by atoms with Gasteiger partial charge in [-0.1, -0.05) is 0 Å². The number of aliphatic hydroxyl groups is 1. The largest absolute Gasteiger partial charge is 0.480 e. The molecule has 2 unspecified atom stereocenters. The summed E-state index contributed by atoms with van der Waals surface area (Å²) in [4.78, 5) is 9.86. The molecule has 4 N–H and O–H groups in total. The van der Waals surface area contributed by atoms with E-state index in [0.717, 1.165) is 0 Å². The summed E-state index contributed by atoms with van der Waals surface area (Å²) in [6.45, 7) is 1.33. The molecule has 0 fully saturated rings. The summed E-state index contributed by atoms with van der Waals surface area (Å²) in [7, 11) is 0. The molecule has 0 spiro atoms. The fraction of sp³-hybridized carbons (Fsp3) is 0.750. The van der Waals surface area contributed by atoms with Gasteiger partial charge in [-0.2, -0.15) is 0 Å². The molecule has 9 heavy (non-hydrogen) atoms. The molecule has 0 aromatic rings. The van der Waals surface area contributed by atoms with Gasteiger partial charge in [-0.05, 0) is 6.92 Å². The van der Waals surface area contributed by atoms with Crippen molar-refractivity contribution >= 4 is 5.97 Å². The first-order valence-electron chi connectivity index (χ1n) is 2.22. The van der Waals surface area contributed by atoms with Crippen molar-refractivity contribution in [1.29, 1.82) is 0 Å². The zero-order valence-corrected chi connectivity index (χ0v) is 7.49. The summed E-state index contributed by atoms with van der Waals surface area (Å²) < 4.78 is 0. The second-order valence-corrected chi connectivity index (χ2v) is 1.60. The zero-order chi connectivity index (χ0) is 6.73. The molecule has 0 aliphatic carbocycles. The number of nitrogens with two attached hydrogens (primary N) is 1. The smallest absolute Gasteiger partial charge is 0.323 e. The van der Waals surface area contributed by atoms with Crippen molar-refractivity contribution < 1.29 is 41.2 Å². The summed E-state index contributed by atoms with van der Waals surface area (Å²) in [6.07, 6.45) is -0.979. The Morgan fingerprint density at radius 2 is 2.00 bits per heavy atom. The van der Waals surface area contributed by atoms with Gasteiger partial charge in [0.1, 0.15) is 6.04 Å². The van der Waals surface area contributed by atoms with E-state index in [1.165, 1.54) is 6.92 Å². The van der Waals surface area contributed by atoms with Gasteiger partial charge in [0, 0.05) is 26.2 Å². The number of hydrogen-bond donors (Lipinski definition) is 3. The molecule has 5 heteroatoms. The fourth-order valence-electron chi connectivity index (χ4n) is 0.206. The maximum Gasteiger partial charge on any atom is 0.323 e. The predicted octanol–water partition coefficient (Wildman–Crippen LogP) is -1.22. The monoisotopic (exact) mass is 209 g/mol. The van der Waals surface area contributed by atoms with Crippen molar-refractivity contribution in [3.63, 3.8) is 0 Å². The van der Waals surface area contributed by atoms with Crippen LogP contribution < -0.4 is 5.73 Å². The summed E-state index contributed by atoms with van der Waals surface area (Å²) in [5.74, 6) is -1.18. The van der Waals surface area contributed by atoms with Crippen LogP contribution in [-0.2, 0) is 31.0 Å². The van der Waals surface area contributed by atoms with Crippen LogP contribution in [0.4, 0.5) is 0 Å². The second kappa shape index (κ2) is 5.09. The van der Waals surface area contributed by atoms with Gasteiger partial charge in [-0.15, -0.1) is 0 Å². The molecule has 0 aromatic carbocycles. The van der Waals surface area contributed by atoms with E-state index in [2.05, 4.69) is 0 Å². The molecule has 0 aromatic heterocycles. The normalized spacial score (nSPS) is 15.4. The van der Waals surface area contributed by atoms with Crippen LogP contribution in [0.15, 0.2) is 0 Å². The van der Waals surface area contributed by atoms with Crippen molar-refractivity contribution in [2.75, 3.05) is 0 Å². The SMILES string of the molecule is CC(O)C(N)C(=O)O.[Zr]. The summed E-state index contributed by atoms with van der Waals surface area (Å²) >= 11 is 0. The van der Waals surface area contributed by atoms with Crippen molar-refractivity contribution in [2.24, 2.45) is 5.73 Å². The number of carboxylic acids is 1. The van der Waals surface area contributed by atoms with E-state index in [1.807, 2.05) is 0 Å². The van der Waals surface area contributed by atoms with Crippen molar-refractivity contribution in [3.05, 3.63) is 0 Å². The number of carboxylic acid groups (broad SMARTS) is 1. The topological polar surface area (TPSA) is 83.5 Å². The molecule has 0 rings (SSSR count). The molecule has 0 aliphatic heterocycles. The fourth-order valence-corrected chi connectivity index (χ4v) is 0.206. The molecule has 0 amide bonds. The van der Waals surface area contributed by atoms with Crippen LogP contribution in [0.3, 0.4) is 0 Å². The Bertz CT molecular complexity index is 95.8. The second-order valence-electron chi connectivity index (χ2n) is 1.60. The Hall–Kier alpha value is 0.273. The molecule has 4 nitrogen and oxygen atoms in total. The first kappa shape index (κ1) is 12.0. The summed E-state index contributed by atoms with van der Waals surface area (Å²) in [5, 5.41) is 16.6. The van der Waals surface area contributed by atoms with Gasteiger partial charge in [0.25, 0.3) is 0 Å².